The second-order valence-electron chi connectivity index (χ2n) is 3.45. The first-order valence-corrected chi connectivity index (χ1v) is 5.02. The van der Waals surface area contributed by atoms with E-state index >= 15 is 0 Å². The molecule has 2 N–H and O–H groups in total. The number of nitrogens with two attached hydrogens (primary N) is 1. The first kappa shape index (κ1) is 11.8. The fourth-order valence-corrected chi connectivity index (χ4v) is 1.58. The molecule has 17 heavy (non-hydrogen) atoms. The predicted molar refractivity (Wildman–Crippen MR) is 60.2 cm³/mol. The number of halogens is 3. The highest BCUT2D eigenvalue weighted by Crippen LogP contribution is 2.32. The van der Waals surface area contributed by atoms with Crippen molar-refractivity contribution in [1.82, 2.24) is 9.55 Å². The zero-order chi connectivity index (χ0) is 12.6. The minimum absolute atomic E-state index is 0.0456. The number of benzene rings is 1. The normalized spacial score (nSPS) is 11.8. The molecule has 0 aliphatic heterocycles. The summed E-state index contributed by atoms with van der Waals surface area (Å²) in [6.45, 7) is 0. The lowest BCUT2D eigenvalue weighted by Crippen LogP contribution is -2.07. The van der Waals surface area contributed by atoms with Crippen LogP contribution in [0, 0.1) is 0 Å². The number of rotatable bonds is 1. The topological polar surface area (TPSA) is 43.8 Å². The number of anilines is 1. The number of nitrogen functional groups attached to an aromatic ring is 1. The molecule has 0 spiro atoms. The van der Waals surface area contributed by atoms with Crippen molar-refractivity contribution < 1.29 is 13.2 Å². The molecule has 7 heteroatoms. The van der Waals surface area contributed by atoms with Crippen LogP contribution < -0.4 is 5.73 Å². The number of imidazole rings is 1. The molecular weight excluding hydrogens is 251 g/mol. The summed E-state index contributed by atoms with van der Waals surface area (Å²) in [5.74, 6) is 0. The van der Waals surface area contributed by atoms with Crippen molar-refractivity contribution in [2.75, 3.05) is 5.73 Å². The number of nitrogens with zero attached hydrogens (tertiary/aromatic N) is 2. The highest BCUT2D eigenvalue weighted by atomic mass is 32.1. The van der Waals surface area contributed by atoms with Gasteiger partial charge in [0.2, 0.25) is 0 Å². The summed E-state index contributed by atoms with van der Waals surface area (Å²) < 4.78 is 39.1. The van der Waals surface area contributed by atoms with E-state index in [1.807, 2.05) is 0 Å². The van der Waals surface area contributed by atoms with E-state index in [1.165, 1.54) is 23.2 Å². The average molecular weight is 259 g/mol. The van der Waals surface area contributed by atoms with Crippen LogP contribution in [0.15, 0.2) is 35.7 Å². The van der Waals surface area contributed by atoms with Crippen molar-refractivity contribution >= 4 is 18.3 Å². The average Bonchev–Trinajstić information content (AvgIpc) is 2.62. The summed E-state index contributed by atoms with van der Waals surface area (Å²) in [4.78, 5) is 3.82. The number of aromatic nitrogens is 2. The van der Waals surface area contributed by atoms with Gasteiger partial charge in [0.15, 0.2) is 0 Å². The van der Waals surface area contributed by atoms with Crippen LogP contribution in [0.25, 0.3) is 5.69 Å². The third kappa shape index (κ3) is 2.55. The highest BCUT2D eigenvalue weighted by molar-refractivity contribution is 7.80. The summed E-state index contributed by atoms with van der Waals surface area (Å²) in [5.41, 5.74) is 5.00. The third-order valence-corrected chi connectivity index (χ3v) is 2.37. The monoisotopic (exact) mass is 259 g/mol. The molecule has 1 aromatic heterocycles. The lowest BCUT2D eigenvalue weighted by atomic mass is 10.1. The first-order valence-electron chi connectivity index (χ1n) is 4.57. The summed E-state index contributed by atoms with van der Waals surface area (Å²) >= 11 is 3.98. The van der Waals surface area contributed by atoms with Crippen LogP contribution in [0.5, 0.6) is 0 Å². The molecule has 0 saturated heterocycles. The van der Waals surface area contributed by atoms with Crippen LogP contribution in [0.3, 0.4) is 0 Å². The lowest BCUT2D eigenvalue weighted by molar-refractivity contribution is -0.137. The Kier molecular flexibility index (Phi) is 2.78. The Morgan fingerprint density at radius 1 is 1.24 bits per heavy atom. The Balaban J connectivity index is 2.52. The molecular formula is C10H8F3N3S. The Morgan fingerprint density at radius 2 is 1.94 bits per heavy atom. The molecule has 1 aromatic carbocycles. The van der Waals surface area contributed by atoms with Gasteiger partial charge in [-0.15, -0.1) is 12.6 Å². The maximum Gasteiger partial charge on any atom is 0.416 e. The SMILES string of the molecule is Nc1cc(-n2cnc(S)c2)cc(C(F)(F)F)c1. The van der Waals surface area contributed by atoms with Gasteiger partial charge in [0.05, 0.1) is 5.56 Å². The van der Waals surface area contributed by atoms with Gasteiger partial charge in [0, 0.05) is 17.6 Å². The van der Waals surface area contributed by atoms with E-state index in [0.29, 0.717) is 10.7 Å². The molecule has 0 aliphatic carbocycles. The summed E-state index contributed by atoms with van der Waals surface area (Å²) in [7, 11) is 0. The van der Waals surface area contributed by atoms with Crippen LogP contribution in [0.4, 0.5) is 18.9 Å². The minimum atomic E-state index is -4.42. The van der Waals surface area contributed by atoms with E-state index in [9.17, 15) is 13.2 Å². The fourth-order valence-electron chi connectivity index (χ4n) is 1.40. The minimum Gasteiger partial charge on any atom is -0.399 e. The standard InChI is InChI=1S/C10H8F3N3S/c11-10(12,13)6-1-7(14)3-8(2-6)16-4-9(17)15-5-16/h1-5,17H,14H2. The van der Waals surface area contributed by atoms with Gasteiger partial charge in [-0.25, -0.2) is 4.98 Å². The van der Waals surface area contributed by atoms with Gasteiger partial charge in [-0.05, 0) is 18.2 Å². The van der Waals surface area contributed by atoms with E-state index in [0.717, 1.165) is 12.1 Å². The molecule has 2 aromatic rings. The highest BCUT2D eigenvalue weighted by Gasteiger charge is 2.31. The molecule has 0 radical (unpaired) electrons. The zero-order valence-corrected chi connectivity index (χ0v) is 9.33. The quantitative estimate of drug-likeness (QED) is 0.611. The van der Waals surface area contributed by atoms with Crippen molar-refractivity contribution in [1.29, 1.82) is 0 Å². The number of alkyl halides is 3. The number of hydrogen-bond acceptors (Lipinski definition) is 3. The summed E-state index contributed by atoms with van der Waals surface area (Å²) in [6, 6.07) is 3.33. The van der Waals surface area contributed by atoms with E-state index < -0.39 is 11.7 Å². The lowest BCUT2D eigenvalue weighted by Gasteiger charge is -2.10. The Bertz CT molecular complexity index is 548. The molecule has 0 unspecified atom stereocenters. The van der Waals surface area contributed by atoms with Gasteiger partial charge in [-0.1, -0.05) is 0 Å². The smallest absolute Gasteiger partial charge is 0.399 e. The van der Waals surface area contributed by atoms with Crippen LogP contribution in [0.2, 0.25) is 0 Å². The summed E-state index contributed by atoms with van der Waals surface area (Å²) in [5, 5.41) is 0.418. The largest absolute Gasteiger partial charge is 0.416 e. The van der Waals surface area contributed by atoms with Crippen molar-refractivity contribution in [3.8, 4) is 5.69 Å². The molecule has 0 fully saturated rings. The summed E-state index contributed by atoms with van der Waals surface area (Å²) in [6.07, 6.45) is -1.55. The Labute approximate surface area is 100 Å². The molecule has 2 rings (SSSR count). The maximum atomic E-state index is 12.6. The van der Waals surface area contributed by atoms with Gasteiger partial charge in [0.25, 0.3) is 0 Å². The van der Waals surface area contributed by atoms with Crippen molar-refractivity contribution in [3.63, 3.8) is 0 Å². The van der Waals surface area contributed by atoms with Crippen LogP contribution >= 0.6 is 12.6 Å². The van der Waals surface area contributed by atoms with Crippen molar-refractivity contribution in [2.45, 2.75) is 11.2 Å². The second-order valence-corrected chi connectivity index (χ2v) is 3.91. The fraction of sp³-hybridized carbons (Fsp3) is 0.100. The van der Waals surface area contributed by atoms with Crippen molar-refractivity contribution in [3.05, 3.63) is 36.3 Å². The molecule has 90 valence electrons. The van der Waals surface area contributed by atoms with Crippen molar-refractivity contribution in [2.24, 2.45) is 0 Å². The maximum absolute atomic E-state index is 12.6. The first-order chi connectivity index (χ1) is 7.86. The predicted octanol–water partition coefficient (Wildman–Crippen LogP) is 2.76. The molecule has 3 nitrogen and oxygen atoms in total. The number of hydrogen-bond donors (Lipinski definition) is 2. The molecule has 0 amide bonds. The van der Waals surface area contributed by atoms with E-state index in [2.05, 4.69) is 17.6 Å². The van der Waals surface area contributed by atoms with Gasteiger partial charge >= 0.3 is 6.18 Å². The molecule has 0 bridgehead atoms. The van der Waals surface area contributed by atoms with E-state index in [4.69, 9.17) is 5.73 Å². The Morgan fingerprint density at radius 3 is 2.47 bits per heavy atom. The van der Waals surface area contributed by atoms with Gasteiger partial charge in [-0.3, -0.25) is 0 Å². The number of thiol groups is 1. The second kappa shape index (κ2) is 3.99. The molecule has 1 heterocycles. The van der Waals surface area contributed by atoms with Gasteiger partial charge < -0.3 is 10.3 Å². The van der Waals surface area contributed by atoms with E-state index in [1.54, 1.807) is 0 Å². The molecule has 0 saturated carbocycles. The van der Waals surface area contributed by atoms with Crippen LogP contribution in [-0.4, -0.2) is 9.55 Å². The van der Waals surface area contributed by atoms with Gasteiger partial charge in [0.1, 0.15) is 11.4 Å². The van der Waals surface area contributed by atoms with Gasteiger partial charge in [-0.2, -0.15) is 13.2 Å². The third-order valence-electron chi connectivity index (χ3n) is 2.13. The molecule has 0 aliphatic rings. The molecule has 0 atom stereocenters. The zero-order valence-electron chi connectivity index (χ0n) is 8.44. The van der Waals surface area contributed by atoms with Crippen LogP contribution in [0.1, 0.15) is 5.56 Å². The van der Waals surface area contributed by atoms with E-state index in [-0.39, 0.29) is 5.69 Å². The van der Waals surface area contributed by atoms with Crippen LogP contribution in [-0.2, 0) is 6.18 Å². The Hall–Kier alpha value is -1.63.